The fraction of sp³-hybridized carbons (Fsp3) is 1.00. The topological polar surface area (TPSA) is 6.48 Å². The average Bonchev–Trinajstić information content (AvgIpc) is 2.29. The Labute approximate surface area is 122 Å². The van der Waals surface area contributed by atoms with E-state index in [4.69, 9.17) is 0 Å². The van der Waals surface area contributed by atoms with Crippen molar-refractivity contribution in [1.82, 2.24) is 9.80 Å². The Kier molecular flexibility index (Phi) is 8.93. The van der Waals surface area contributed by atoms with E-state index in [1.54, 1.807) is 0 Å². The Morgan fingerprint density at radius 3 is 1.74 bits per heavy atom. The molecule has 1 saturated heterocycles. The van der Waals surface area contributed by atoms with Crippen molar-refractivity contribution < 1.29 is 0 Å². The molecule has 2 heteroatoms. The van der Waals surface area contributed by atoms with Gasteiger partial charge in [0, 0.05) is 38.8 Å². The molecule has 0 bridgehead atoms. The molecule has 1 rings (SSSR count). The number of rotatable bonds is 5. The summed E-state index contributed by atoms with van der Waals surface area (Å²) in [7, 11) is 0. The van der Waals surface area contributed by atoms with Gasteiger partial charge in [0.25, 0.3) is 0 Å². The molecule has 0 atom stereocenters. The Balaban J connectivity index is 0.00000154. The monoisotopic (exact) mass is 270 g/mol. The second-order valence-electron chi connectivity index (χ2n) is 7.17. The van der Waals surface area contributed by atoms with Gasteiger partial charge in [-0.1, -0.05) is 41.5 Å². The van der Waals surface area contributed by atoms with Crippen LogP contribution in [0.25, 0.3) is 0 Å². The minimum absolute atomic E-state index is 0.466. The lowest BCUT2D eigenvalue weighted by atomic mass is 9.83. The average molecular weight is 271 g/mol. The summed E-state index contributed by atoms with van der Waals surface area (Å²) in [6.07, 6.45) is 1.33. The molecule has 0 radical (unpaired) electrons. The molecule has 2 nitrogen and oxygen atoms in total. The molecule has 0 aromatic rings. The van der Waals surface area contributed by atoms with E-state index in [9.17, 15) is 0 Å². The van der Waals surface area contributed by atoms with Crippen molar-refractivity contribution in [3.8, 4) is 0 Å². The van der Waals surface area contributed by atoms with E-state index in [0.717, 1.165) is 5.92 Å². The Morgan fingerprint density at radius 1 is 0.895 bits per heavy atom. The standard InChI is InChI=1S/C15H32N2.C2H6/c1-13(2)11-15(5,6)12-16-7-9-17(10-8-16)14(3)4;1-2/h13-14H,7-12H2,1-6H3;1-2H3. The van der Waals surface area contributed by atoms with Gasteiger partial charge >= 0.3 is 0 Å². The maximum absolute atomic E-state index is 2.65. The van der Waals surface area contributed by atoms with Gasteiger partial charge in [0.2, 0.25) is 0 Å². The van der Waals surface area contributed by atoms with Crippen molar-refractivity contribution in [1.29, 1.82) is 0 Å². The number of hydrogen-bond donors (Lipinski definition) is 0. The predicted molar refractivity (Wildman–Crippen MR) is 87.7 cm³/mol. The summed E-state index contributed by atoms with van der Waals surface area (Å²) in [6.45, 7) is 24.4. The summed E-state index contributed by atoms with van der Waals surface area (Å²) in [6, 6.07) is 0.709. The molecular formula is C17H38N2. The normalized spacial score (nSPS) is 18.6. The van der Waals surface area contributed by atoms with Gasteiger partial charge in [0.1, 0.15) is 0 Å². The molecule has 19 heavy (non-hydrogen) atoms. The van der Waals surface area contributed by atoms with Gasteiger partial charge in [-0.2, -0.15) is 0 Å². The van der Waals surface area contributed by atoms with E-state index in [0.29, 0.717) is 11.5 Å². The maximum atomic E-state index is 2.65. The third-order valence-corrected chi connectivity index (χ3v) is 3.75. The van der Waals surface area contributed by atoms with E-state index in [1.807, 2.05) is 13.8 Å². The van der Waals surface area contributed by atoms with Crippen LogP contribution in [0.3, 0.4) is 0 Å². The van der Waals surface area contributed by atoms with Gasteiger partial charge in [-0.25, -0.2) is 0 Å². The summed E-state index contributed by atoms with van der Waals surface area (Å²) in [4.78, 5) is 5.24. The van der Waals surface area contributed by atoms with Crippen LogP contribution in [0.4, 0.5) is 0 Å². The van der Waals surface area contributed by atoms with Crippen molar-refractivity contribution in [3.63, 3.8) is 0 Å². The quantitative estimate of drug-likeness (QED) is 0.742. The summed E-state index contributed by atoms with van der Waals surface area (Å²) in [5.74, 6) is 0.807. The molecule has 116 valence electrons. The van der Waals surface area contributed by atoms with Gasteiger partial charge < -0.3 is 4.90 Å². The molecule has 1 heterocycles. The molecule has 0 amide bonds. The van der Waals surface area contributed by atoms with Gasteiger partial charge in [-0.05, 0) is 31.6 Å². The van der Waals surface area contributed by atoms with E-state index < -0.39 is 0 Å². The SMILES string of the molecule is CC.CC(C)CC(C)(C)CN1CCN(C(C)C)CC1. The largest absolute Gasteiger partial charge is 0.300 e. The zero-order valence-electron chi connectivity index (χ0n) is 14.8. The van der Waals surface area contributed by atoms with Crippen molar-refractivity contribution in [2.24, 2.45) is 11.3 Å². The summed E-state index contributed by atoms with van der Waals surface area (Å²) in [5.41, 5.74) is 0.466. The zero-order chi connectivity index (χ0) is 15.1. The minimum Gasteiger partial charge on any atom is -0.300 e. The van der Waals surface area contributed by atoms with Crippen LogP contribution in [-0.4, -0.2) is 48.6 Å². The third-order valence-electron chi connectivity index (χ3n) is 3.75. The first-order valence-electron chi connectivity index (χ1n) is 8.26. The Bertz CT molecular complexity index is 213. The minimum atomic E-state index is 0.466. The van der Waals surface area contributed by atoms with Crippen molar-refractivity contribution in [2.75, 3.05) is 32.7 Å². The van der Waals surface area contributed by atoms with Crippen LogP contribution in [0, 0.1) is 11.3 Å². The van der Waals surface area contributed by atoms with Crippen molar-refractivity contribution >= 4 is 0 Å². The van der Waals surface area contributed by atoms with Gasteiger partial charge in [0.05, 0.1) is 0 Å². The van der Waals surface area contributed by atoms with Gasteiger partial charge in [-0.15, -0.1) is 0 Å². The molecule has 0 unspecified atom stereocenters. The molecule has 0 aromatic carbocycles. The van der Waals surface area contributed by atoms with Crippen LogP contribution in [0.1, 0.15) is 61.8 Å². The molecule has 1 fully saturated rings. The van der Waals surface area contributed by atoms with Crippen LogP contribution in [0.15, 0.2) is 0 Å². The van der Waals surface area contributed by atoms with Gasteiger partial charge in [0.15, 0.2) is 0 Å². The molecule has 0 saturated carbocycles. The highest BCUT2D eigenvalue weighted by Crippen LogP contribution is 2.26. The summed E-state index contributed by atoms with van der Waals surface area (Å²) >= 11 is 0. The fourth-order valence-corrected chi connectivity index (χ4v) is 3.21. The van der Waals surface area contributed by atoms with E-state index >= 15 is 0 Å². The number of hydrogen-bond acceptors (Lipinski definition) is 2. The van der Waals surface area contributed by atoms with Gasteiger partial charge in [-0.3, -0.25) is 4.90 Å². The van der Waals surface area contributed by atoms with Crippen molar-refractivity contribution in [3.05, 3.63) is 0 Å². The molecule has 0 aromatic heterocycles. The molecule has 1 aliphatic rings. The number of piperazine rings is 1. The van der Waals surface area contributed by atoms with Crippen LogP contribution >= 0.6 is 0 Å². The Hall–Kier alpha value is -0.0800. The van der Waals surface area contributed by atoms with E-state index in [1.165, 1.54) is 39.1 Å². The Morgan fingerprint density at radius 2 is 1.37 bits per heavy atom. The zero-order valence-corrected chi connectivity index (χ0v) is 14.8. The molecular weight excluding hydrogens is 232 g/mol. The summed E-state index contributed by atoms with van der Waals surface area (Å²) < 4.78 is 0. The van der Waals surface area contributed by atoms with Crippen LogP contribution in [-0.2, 0) is 0 Å². The van der Waals surface area contributed by atoms with E-state index in [-0.39, 0.29) is 0 Å². The maximum Gasteiger partial charge on any atom is 0.0113 e. The fourth-order valence-electron chi connectivity index (χ4n) is 3.21. The van der Waals surface area contributed by atoms with Crippen LogP contribution < -0.4 is 0 Å². The van der Waals surface area contributed by atoms with Crippen LogP contribution in [0.5, 0.6) is 0 Å². The third kappa shape index (κ3) is 7.94. The summed E-state index contributed by atoms with van der Waals surface area (Å²) in [5, 5.41) is 0. The van der Waals surface area contributed by atoms with Crippen LogP contribution in [0.2, 0.25) is 0 Å². The highest BCUT2D eigenvalue weighted by atomic mass is 15.3. The molecule has 0 spiro atoms. The lowest BCUT2D eigenvalue weighted by Gasteiger charge is -2.40. The molecule has 0 N–H and O–H groups in total. The predicted octanol–water partition coefficient (Wildman–Crippen LogP) is 4.11. The smallest absolute Gasteiger partial charge is 0.0113 e. The number of nitrogens with zero attached hydrogens (tertiary/aromatic N) is 2. The lowest BCUT2D eigenvalue weighted by Crippen LogP contribution is -2.51. The highest BCUT2D eigenvalue weighted by Gasteiger charge is 2.26. The first kappa shape index (κ1) is 18.9. The molecule has 0 aliphatic carbocycles. The molecule has 1 aliphatic heterocycles. The second kappa shape index (κ2) is 8.97. The first-order chi connectivity index (χ1) is 8.80. The highest BCUT2D eigenvalue weighted by molar-refractivity contribution is 4.80. The van der Waals surface area contributed by atoms with Crippen molar-refractivity contribution in [2.45, 2.75) is 67.9 Å². The van der Waals surface area contributed by atoms with E-state index in [2.05, 4.69) is 51.3 Å². The first-order valence-corrected chi connectivity index (χ1v) is 8.26. The second-order valence-corrected chi connectivity index (χ2v) is 7.17. The lowest BCUT2D eigenvalue weighted by molar-refractivity contribution is 0.0741.